The van der Waals surface area contributed by atoms with E-state index in [2.05, 4.69) is 0 Å². The lowest BCUT2D eigenvalue weighted by Crippen LogP contribution is -2.42. The van der Waals surface area contributed by atoms with Gasteiger partial charge in [0.15, 0.2) is 6.10 Å². The molecule has 1 unspecified atom stereocenters. The molecule has 0 bridgehead atoms. The molecular weight excluding hydrogens is 300 g/mol. The molecule has 22 heavy (non-hydrogen) atoms. The number of esters is 4. The van der Waals surface area contributed by atoms with Crippen molar-refractivity contribution in [2.75, 3.05) is 6.61 Å². The second kappa shape index (κ2) is 7.74. The van der Waals surface area contributed by atoms with Crippen molar-refractivity contribution in [1.82, 2.24) is 0 Å². The molecule has 1 rings (SSSR count). The van der Waals surface area contributed by atoms with E-state index in [4.69, 9.17) is 23.7 Å². The Morgan fingerprint density at radius 3 is 1.73 bits per heavy atom. The van der Waals surface area contributed by atoms with E-state index in [1.807, 2.05) is 0 Å². The Hall–Kier alpha value is -2.16. The van der Waals surface area contributed by atoms with Gasteiger partial charge in [0.05, 0.1) is 0 Å². The van der Waals surface area contributed by atoms with Crippen LogP contribution in [0.2, 0.25) is 0 Å². The third kappa shape index (κ3) is 5.32. The van der Waals surface area contributed by atoms with Gasteiger partial charge >= 0.3 is 23.9 Å². The van der Waals surface area contributed by atoms with Crippen LogP contribution in [0, 0.1) is 0 Å². The lowest BCUT2D eigenvalue weighted by atomic mass is 10.1. The zero-order chi connectivity index (χ0) is 16.9. The summed E-state index contributed by atoms with van der Waals surface area (Å²) in [4.78, 5) is 44.4. The molecule has 124 valence electrons. The minimum Gasteiger partial charge on any atom is -0.463 e. The van der Waals surface area contributed by atoms with Gasteiger partial charge in [0.2, 0.25) is 12.4 Å². The van der Waals surface area contributed by atoms with Gasteiger partial charge in [0.25, 0.3) is 0 Å². The summed E-state index contributed by atoms with van der Waals surface area (Å²) < 4.78 is 25.2. The summed E-state index contributed by atoms with van der Waals surface area (Å²) in [5.41, 5.74) is 0. The molecule has 0 radical (unpaired) electrons. The second-order valence-corrected chi connectivity index (χ2v) is 4.60. The lowest BCUT2D eigenvalue weighted by molar-refractivity contribution is -0.197. The fraction of sp³-hybridized carbons (Fsp3) is 0.692. The maximum atomic E-state index is 11.2. The van der Waals surface area contributed by atoms with Crippen LogP contribution in [0.15, 0.2) is 0 Å². The molecular formula is C13H18O9. The van der Waals surface area contributed by atoms with Crippen LogP contribution in [-0.4, -0.2) is 55.1 Å². The molecule has 0 saturated carbocycles. The van der Waals surface area contributed by atoms with Gasteiger partial charge in [0, 0.05) is 27.7 Å². The molecule has 0 N–H and O–H groups in total. The van der Waals surface area contributed by atoms with Crippen molar-refractivity contribution >= 4 is 23.9 Å². The summed E-state index contributed by atoms with van der Waals surface area (Å²) >= 11 is 0. The summed E-state index contributed by atoms with van der Waals surface area (Å²) in [6, 6.07) is 0. The smallest absolute Gasteiger partial charge is 0.305 e. The molecule has 0 aliphatic carbocycles. The van der Waals surface area contributed by atoms with E-state index in [0.29, 0.717) is 0 Å². The van der Waals surface area contributed by atoms with Crippen LogP contribution in [0.3, 0.4) is 0 Å². The topological polar surface area (TPSA) is 114 Å². The van der Waals surface area contributed by atoms with Crippen LogP contribution >= 0.6 is 0 Å². The maximum absolute atomic E-state index is 11.2. The lowest BCUT2D eigenvalue weighted by Gasteiger charge is -2.22. The highest BCUT2D eigenvalue weighted by Crippen LogP contribution is 2.28. The quantitative estimate of drug-likeness (QED) is 0.497. The maximum Gasteiger partial charge on any atom is 0.305 e. The van der Waals surface area contributed by atoms with Crippen molar-refractivity contribution in [3.63, 3.8) is 0 Å². The van der Waals surface area contributed by atoms with Crippen LogP contribution in [0.5, 0.6) is 0 Å². The Kier molecular flexibility index (Phi) is 6.29. The summed E-state index contributed by atoms with van der Waals surface area (Å²) in [5, 5.41) is 0. The Balaban J connectivity index is 2.94. The standard InChI is InChI=1S/C13H18O9/c1-6(14)18-5-10-11(19-7(2)15)12(20-8(3)16)13(22-10)21-9(4)17/h10-13H,5H2,1-4H3/t10-,11?,12-,13-/m0/s1. The van der Waals surface area contributed by atoms with Crippen LogP contribution in [0.4, 0.5) is 0 Å². The molecule has 9 heteroatoms. The number of carbonyl (C=O) groups is 4. The first-order valence-electron chi connectivity index (χ1n) is 6.51. The largest absolute Gasteiger partial charge is 0.463 e. The Labute approximate surface area is 126 Å². The van der Waals surface area contributed by atoms with Crippen molar-refractivity contribution < 1.29 is 42.9 Å². The average molecular weight is 318 g/mol. The van der Waals surface area contributed by atoms with Crippen molar-refractivity contribution in [2.24, 2.45) is 0 Å². The van der Waals surface area contributed by atoms with E-state index in [9.17, 15) is 19.2 Å². The highest BCUT2D eigenvalue weighted by Gasteiger charge is 2.51. The first kappa shape index (κ1) is 17.9. The average Bonchev–Trinajstić information content (AvgIpc) is 2.63. The van der Waals surface area contributed by atoms with Crippen molar-refractivity contribution in [3.05, 3.63) is 0 Å². The van der Waals surface area contributed by atoms with Crippen molar-refractivity contribution in [2.45, 2.75) is 52.3 Å². The van der Waals surface area contributed by atoms with Gasteiger partial charge < -0.3 is 23.7 Å². The molecule has 1 aliphatic heterocycles. The first-order chi connectivity index (χ1) is 10.2. The predicted molar refractivity (Wildman–Crippen MR) is 68.2 cm³/mol. The molecule has 1 fully saturated rings. The van der Waals surface area contributed by atoms with Gasteiger partial charge in [-0.15, -0.1) is 0 Å². The molecule has 0 aromatic carbocycles. The molecule has 0 spiro atoms. The monoisotopic (exact) mass is 318 g/mol. The van der Waals surface area contributed by atoms with E-state index in [1.54, 1.807) is 0 Å². The van der Waals surface area contributed by atoms with E-state index in [0.717, 1.165) is 20.8 Å². The number of hydrogen-bond donors (Lipinski definition) is 0. The Morgan fingerprint density at radius 1 is 0.773 bits per heavy atom. The van der Waals surface area contributed by atoms with Gasteiger partial charge in [-0.05, 0) is 0 Å². The van der Waals surface area contributed by atoms with Crippen LogP contribution < -0.4 is 0 Å². The normalized spacial score (nSPS) is 26.9. The zero-order valence-electron chi connectivity index (χ0n) is 12.7. The summed E-state index contributed by atoms with van der Waals surface area (Å²) in [6.07, 6.45) is -4.40. The van der Waals surface area contributed by atoms with Crippen molar-refractivity contribution in [1.29, 1.82) is 0 Å². The van der Waals surface area contributed by atoms with Gasteiger partial charge in [0.1, 0.15) is 12.7 Å². The molecule has 0 aromatic rings. The number of hydrogen-bond acceptors (Lipinski definition) is 9. The zero-order valence-corrected chi connectivity index (χ0v) is 12.7. The van der Waals surface area contributed by atoms with Gasteiger partial charge in [-0.25, -0.2) is 0 Å². The molecule has 1 saturated heterocycles. The summed E-state index contributed by atoms with van der Waals surface area (Å²) in [6.45, 7) is 4.40. The molecule has 0 aromatic heterocycles. The van der Waals surface area contributed by atoms with Gasteiger partial charge in [-0.1, -0.05) is 0 Å². The molecule has 0 amide bonds. The van der Waals surface area contributed by atoms with Gasteiger partial charge in [-0.3, -0.25) is 19.2 Å². The summed E-state index contributed by atoms with van der Waals surface area (Å²) in [7, 11) is 0. The SMILES string of the molecule is CC(=O)OC[C@@H]1O[C@H](OC(C)=O)[C@@H](OC(C)=O)C1OC(C)=O. The predicted octanol–water partition coefficient (Wildman–Crippen LogP) is -0.299. The molecule has 1 aliphatic rings. The highest BCUT2D eigenvalue weighted by molar-refractivity contribution is 5.68. The fourth-order valence-electron chi connectivity index (χ4n) is 1.93. The molecule has 4 atom stereocenters. The van der Waals surface area contributed by atoms with Crippen LogP contribution in [0.25, 0.3) is 0 Å². The van der Waals surface area contributed by atoms with E-state index in [1.165, 1.54) is 6.92 Å². The van der Waals surface area contributed by atoms with Crippen molar-refractivity contribution in [3.8, 4) is 0 Å². The number of ether oxygens (including phenoxy) is 5. The Morgan fingerprint density at radius 2 is 1.27 bits per heavy atom. The number of carbonyl (C=O) groups excluding carboxylic acids is 4. The minimum atomic E-state index is -1.26. The van der Waals surface area contributed by atoms with Crippen LogP contribution in [0.1, 0.15) is 27.7 Å². The molecule has 1 heterocycles. The third-order valence-electron chi connectivity index (χ3n) is 2.60. The minimum absolute atomic E-state index is 0.247. The van der Waals surface area contributed by atoms with E-state index >= 15 is 0 Å². The van der Waals surface area contributed by atoms with E-state index < -0.39 is 48.5 Å². The third-order valence-corrected chi connectivity index (χ3v) is 2.60. The van der Waals surface area contributed by atoms with Crippen LogP contribution in [-0.2, 0) is 42.9 Å². The van der Waals surface area contributed by atoms with Gasteiger partial charge in [-0.2, -0.15) is 0 Å². The number of rotatable bonds is 5. The Bertz CT molecular complexity index is 458. The molecule has 9 nitrogen and oxygen atoms in total. The first-order valence-corrected chi connectivity index (χ1v) is 6.51. The second-order valence-electron chi connectivity index (χ2n) is 4.60. The van der Waals surface area contributed by atoms with E-state index in [-0.39, 0.29) is 6.61 Å². The highest BCUT2D eigenvalue weighted by atomic mass is 16.8. The fourth-order valence-corrected chi connectivity index (χ4v) is 1.93. The summed E-state index contributed by atoms with van der Waals surface area (Å²) in [5.74, 6) is -2.56.